The van der Waals surface area contributed by atoms with Crippen LogP contribution in [0.2, 0.25) is 0 Å². The van der Waals surface area contributed by atoms with Crippen LogP contribution in [0.1, 0.15) is 10.6 Å². The first-order valence-corrected chi connectivity index (χ1v) is 4.01. The number of anilines is 1. The molecule has 58 valence electrons. The van der Waals surface area contributed by atoms with Gasteiger partial charge in [-0.15, -0.1) is 0 Å². The average Bonchev–Trinajstić information content (AvgIpc) is 2.31. The van der Waals surface area contributed by atoms with E-state index in [1.807, 2.05) is 25.9 Å². The molecular formula is C7H9N3S. The molecule has 11 heavy (non-hydrogen) atoms. The second-order valence-electron chi connectivity index (χ2n) is 2.42. The summed E-state index contributed by atoms with van der Waals surface area (Å²) in [6.45, 7) is 1.85. The van der Waals surface area contributed by atoms with Gasteiger partial charge in [0.05, 0.1) is 5.69 Å². The summed E-state index contributed by atoms with van der Waals surface area (Å²) in [5.74, 6) is 0. The van der Waals surface area contributed by atoms with Gasteiger partial charge in [0.1, 0.15) is 10.9 Å². The Balaban J connectivity index is 3.07. The van der Waals surface area contributed by atoms with Crippen molar-refractivity contribution in [1.29, 1.82) is 5.26 Å². The minimum absolute atomic E-state index is 0.703. The fraction of sp³-hybridized carbons (Fsp3) is 0.429. The van der Waals surface area contributed by atoms with Crippen molar-refractivity contribution in [2.45, 2.75) is 6.92 Å². The summed E-state index contributed by atoms with van der Waals surface area (Å²) in [6.07, 6.45) is 0. The van der Waals surface area contributed by atoms with Crippen LogP contribution in [0.25, 0.3) is 0 Å². The minimum Gasteiger partial charge on any atom is -0.354 e. The third-order valence-electron chi connectivity index (χ3n) is 1.27. The summed E-state index contributed by atoms with van der Waals surface area (Å²) in [4.78, 5) is 6.81. The number of nitriles is 1. The standard InChI is InChI=1S/C7H9N3S/c1-5-6(4-8)11-7(9-5)10(2)3/h1-3H3. The molecule has 4 heteroatoms. The monoisotopic (exact) mass is 167 g/mol. The van der Waals surface area contributed by atoms with E-state index in [0.717, 1.165) is 10.8 Å². The lowest BCUT2D eigenvalue weighted by atomic mass is 10.4. The topological polar surface area (TPSA) is 39.9 Å². The fourth-order valence-electron chi connectivity index (χ4n) is 0.677. The zero-order chi connectivity index (χ0) is 8.43. The van der Waals surface area contributed by atoms with Gasteiger partial charge in [0.15, 0.2) is 5.13 Å². The Hall–Kier alpha value is -1.08. The van der Waals surface area contributed by atoms with E-state index in [0.29, 0.717) is 4.88 Å². The second-order valence-corrected chi connectivity index (χ2v) is 3.39. The van der Waals surface area contributed by atoms with Crippen LogP contribution < -0.4 is 4.90 Å². The zero-order valence-electron chi connectivity index (χ0n) is 6.75. The van der Waals surface area contributed by atoms with Gasteiger partial charge in [-0.2, -0.15) is 5.26 Å². The normalized spacial score (nSPS) is 9.27. The number of rotatable bonds is 1. The van der Waals surface area contributed by atoms with Crippen molar-refractivity contribution >= 4 is 16.5 Å². The van der Waals surface area contributed by atoms with Gasteiger partial charge < -0.3 is 4.90 Å². The van der Waals surface area contributed by atoms with Crippen molar-refractivity contribution in [3.63, 3.8) is 0 Å². The molecule has 0 saturated carbocycles. The van der Waals surface area contributed by atoms with E-state index in [9.17, 15) is 0 Å². The Morgan fingerprint density at radius 1 is 1.55 bits per heavy atom. The molecular weight excluding hydrogens is 158 g/mol. The van der Waals surface area contributed by atoms with Gasteiger partial charge in [-0.25, -0.2) is 4.98 Å². The number of thiazole rings is 1. The highest BCUT2D eigenvalue weighted by molar-refractivity contribution is 7.16. The molecule has 0 aliphatic heterocycles. The largest absolute Gasteiger partial charge is 0.354 e. The Labute approximate surface area is 69.9 Å². The molecule has 0 saturated heterocycles. The molecule has 0 amide bonds. The first kappa shape index (κ1) is 8.02. The molecule has 0 aliphatic rings. The summed E-state index contributed by atoms with van der Waals surface area (Å²) in [5, 5.41) is 9.50. The molecule has 0 radical (unpaired) electrons. The smallest absolute Gasteiger partial charge is 0.186 e. The fourth-order valence-corrected chi connectivity index (χ4v) is 1.46. The Morgan fingerprint density at radius 2 is 2.18 bits per heavy atom. The Morgan fingerprint density at radius 3 is 2.45 bits per heavy atom. The van der Waals surface area contributed by atoms with E-state index >= 15 is 0 Å². The SMILES string of the molecule is Cc1nc(N(C)C)sc1C#N. The predicted molar refractivity (Wildman–Crippen MR) is 45.9 cm³/mol. The maximum Gasteiger partial charge on any atom is 0.186 e. The average molecular weight is 167 g/mol. The minimum atomic E-state index is 0.703. The lowest BCUT2D eigenvalue weighted by Crippen LogP contribution is -2.07. The van der Waals surface area contributed by atoms with Crippen LogP contribution in [0.15, 0.2) is 0 Å². The molecule has 0 unspecified atom stereocenters. The number of nitrogens with zero attached hydrogens (tertiary/aromatic N) is 3. The van der Waals surface area contributed by atoms with Gasteiger partial charge in [0, 0.05) is 14.1 Å². The lowest BCUT2D eigenvalue weighted by Gasteiger charge is -2.04. The van der Waals surface area contributed by atoms with Crippen molar-refractivity contribution in [2.24, 2.45) is 0 Å². The van der Waals surface area contributed by atoms with Crippen molar-refractivity contribution in [1.82, 2.24) is 4.98 Å². The van der Waals surface area contributed by atoms with Crippen molar-refractivity contribution in [3.05, 3.63) is 10.6 Å². The summed E-state index contributed by atoms with van der Waals surface area (Å²) in [5.41, 5.74) is 0.821. The maximum atomic E-state index is 8.62. The van der Waals surface area contributed by atoms with E-state index in [1.165, 1.54) is 11.3 Å². The third-order valence-corrected chi connectivity index (χ3v) is 2.50. The number of hydrogen-bond donors (Lipinski definition) is 0. The van der Waals surface area contributed by atoms with Gasteiger partial charge in [-0.05, 0) is 6.92 Å². The third kappa shape index (κ3) is 1.49. The highest BCUT2D eigenvalue weighted by Gasteiger charge is 2.06. The van der Waals surface area contributed by atoms with Crippen molar-refractivity contribution in [3.8, 4) is 6.07 Å². The quantitative estimate of drug-likeness (QED) is 0.634. The molecule has 0 spiro atoms. The van der Waals surface area contributed by atoms with Crippen LogP contribution in [0, 0.1) is 18.3 Å². The molecule has 0 N–H and O–H groups in total. The molecule has 1 aromatic rings. The lowest BCUT2D eigenvalue weighted by molar-refractivity contribution is 1.08. The maximum absolute atomic E-state index is 8.62. The van der Waals surface area contributed by atoms with E-state index in [1.54, 1.807) is 0 Å². The molecule has 0 atom stereocenters. The van der Waals surface area contributed by atoms with Crippen LogP contribution in [-0.4, -0.2) is 19.1 Å². The van der Waals surface area contributed by atoms with E-state index in [2.05, 4.69) is 11.1 Å². The van der Waals surface area contributed by atoms with Crippen LogP contribution in [-0.2, 0) is 0 Å². The zero-order valence-corrected chi connectivity index (χ0v) is 7.57. The van der Waals surface area contributed by atoms with Crippen LogP contribution in [0.4, 0.5) is 5.13 Å². The molecule has 3 nitrogen and oxygen atoms in total. The number of aryl methyl sites for hydroxylation is 1. The summed E-state index contributed by atoms with van der Waals surface area (Å²) >= 11 is 1.42. The summed E-state index contributed by atoms with van der Waals surface area (Å²) < 4.78 is 0. The van der Waals surface area contributed by atoms with Gasteiger partial charge in [-0.3, -0.25) is 0 Å². The Bertz CT molecular complexity index is 295. The molecule has 1 heterocycles. The van der Waals surface area contributed by atoms with Crippen molar-refractivity contribution in [2.75, 3.05) is 19.0 Å². The van der Waals surface area contributed by atoms with Crippen LogP contribution in [0.3, 0.4) is 0 Å². The van der Waals surface area contributed by atoms with E-state index in [-0.39, 0.29) is 0 Å². The molecule has 1 aromatic heterocycles. The highest BCUT2D eigenvalue weighted by atomic mass is 32.1. The van der Waals surface area contributed by atoms with Gasteiger partial charge in [0.2, 0.25) is 0 Å². The Kier molecular flexibility index (Phi) is 2.11. The number of hydrogen-bond acceptors (Lipinski definition) is 4. The van der Waals surface area contributed by atoms with Crippen molar-refractivity contribution < 1.29 is 0 Å². The molecule has 1 rings (SSSR count). The highest BCUT2D eigenvalue weighted by Crippen LogP contribution is 2.22. The van der Waals surface area contributed by atoms with E-state index in [4.69, 9.17) is 5.26 Å². The van der Waals surface area contributed by atoms with Gasteiger partial charge >= 0.3 is 0 Å². The van der Waals surface area contributed by atoms with Crippen LogP contribution >= 0.6 is 11.3 Å². The first-order valence-electron chi connectivity index (χ1n) is 3.20. The molecule has 0 fully saturated rings. The van der Waals surface area contributed by atoms with E-state index < -0.39 is 0 Å². The van der Waals surface area contributed by atoms with Crippen LogP contribution in [0.5, 0.6) is 0 Å². The summed E-state index contributed by atoms with van der Waals surface area (Å²) in [6, 6.07) is 2.10. The first-order chi connectivity index (χ1) is 5.15. The summed E-state index contributed by atoms with van der Waals surface area (Å²) in [7, 11) is 3.83. The molecule has 0 bridgehead atoms. The second kappa shape index (κ2) is 2.89. The van der Waals surface area contributed by atoms with Gasteiger partial charge in [0.25, 0.3) is 0 Å². The molecule has 0 aromatic carbocycles. The number of aromatic nitrogens is 1. The van der Waals surface area contributed by atoms with Gasteiger partial charge in [-0.1, -0.05) is 11.3 Å². The predicted octanol–water partition coefficient (Wildman–Crippen LogP) is 1.39. The molecule has 0 aliphatic carbocycles.